The highest BCUT2D eigenvalue weighted by Gasteiger charge is 2.01. The predicted octanol–water partition coefficient (Wildman–Crippen LogP) is 2.25. The third-order valence-corrected chi connectivity index (χ3v) is 2.46. The van der Waals surface area contributed by atoms with Crippen LogP contribution < -0.4 is 9.47 Å². The number of benzene rings is 1. The van der Waals surface area contributed by atoms with Gasteiger partial charge in [0.1, 0.15) is 18.1 Å². The molecule has 0 amide bonds. The van der Waals surface area contributed by atoms with Crippen LogP contribution in [0.15, 0.2) is 29.4 Å². The van der Waals surface area contributed by atoms with E-state index in [1.807, 2.05) is 0 Å². The van der Waals surface area contributed by atoms with Crippen LogP contribution in [0, 0.1) is 0 Å². The molecule has 110 valence electrons. The third kappa shape index (κ3) is 6.08. The normalized spacial score (nSPS) is 11.0. The van der Waals surface area contributed by atoms with Crippen molar-refractivity contribution >= 4 is 11.7 Å². The number of hydrogen-bond acceptors (Lipinski definition) is 6. The molecule has 1 aromatic carbocycles. The molecule has 0 aliphatic heterocycles. The van der Waals surface area contributed by atoms with Crippen molar-refractivity contribution < 1.29 is 24.2 Å². The number of oxime groups is 1. The summed E-state index contributed by atoms with van der Waals surface area (Å²) in [6, 6.07) is 7.08. The molecule has 20 heavy (non-hydrogen) atoms. The number of ether oxygens (including phenoxy) is 3. The first-order chi connectivity index (χ1) is 9.65. The number of methoxy groups -OCH3 is 1. The lowest BCUT2D eigenvalue weighted by atomic mass is 10.3. The Labute approximate surface area is 117 Å². The lowest BCUT2D eigenvalue weighted by Crippen LogP contribution is -2.07. The lowest BCUT2D eigenvalue weighted by Gasteiger charge is -2.08. The number of nitrogens with zero attached hydrogens (tertiary/aromatic N) is 1. The lowest BCUT2D eigenvalue weighted by molar-refractivity contribution is -0.140. The molecule has 0 spiro atoms. The molecular weight excluding hydrogens is 262 g/mol. The van der Waals surface area contributed by atoms with Gasteiger partial charge >= 0.3 is 5.97 Å². The van der Waals surface area contributed by atoms with Gasteiger partial charge in [0.25, 0.3) is 0 Å². The fraction of sp³-hybridized carbons (Fsp3) is 0.429. The van der Waals surface area contributed by atoms with Crippen molar-refractivity contribution in [1.29, 1.82) is 0 Å². The summed E-state index contributed by atoms with van der Waals surface area (Å²) in [5.41, 5.74) is 0.494. The van der Waals surface area contributed by atoms with Crippen LogP contribution in [-0.4, -0.2) is 37.2 Å². The summed E-state index contributed by atoms with van der Waals surface area (Å²) in [7, 11) is 1.37. The number of carbonyl (C=O) groups excluding carboxylic acids is 1. The van der Waals surface area contributed by atoms with Crippen LogP contribution in [0.3, 0.4) is 0 Å². The summed E-state index contributed by atoms with van der Waals surface area (Å²) in [5, 5.41) is 11.5. The predicted molar refractivity (Wildman–Crippen MR) is 73.6 cm³/mol. The zero-order valence-corrected chi connectivity index (χ0v) is 11.7. The maximum Gasteiger partial charge on any atom is 0.305 e. The molecule has 0 saturated carbocycles. The molecule has 0 heterocycles. The van der Waals surface area contributed by atoms with Crippen LogP contribution >= 0.6 is 0 Å². The molecular formula is C14H19NO5. The monoisotopic (exact) mass is 281 g/mol. The van der Waals surface area contributed by atoms with Gasteiger partial charge in [0.15, 0.2) is 0 Å². The van der Waals surface area contributed by atoms with E-state index >= 15 is 0 Å². The first kappa shape index (κ1) is 15.8. The fourth-order valence-corrected chi connectivity index (χ4v) is 1.36. The number of hydrogen-bond donors (Lipinski definition) is 1. The van der Waals surface area contributed by atoms with E-state index in [-0.39, 0.29) is 12.6 Å². The van der Waals surface area contributed by atoms with Crippen LogP contribution in [0.5, 0.6) is 11.5 Å². The molecule has 0 aliphatic carbocycles. The van der Waals surface area contributed by atoms with E-state index in [2.05, 4.69) is 9.89 Å². The van der Waals surface area contributed by atoms with E-state index in [1.165, 1.54) is 7.11 Å². The van der Waals surface area contributed by atoms with Crippen molar-refractivity contribution in [2.24, 2.45) is 5.16 Å². The molecule has 0 atom stereocenters. The molecule has 0 bridgehead atoms. The Balaban J connectivity index is 2.30. The Morgan fingerprint density at radius 3 is 2.35 bits per heavy atom. The zero-order valence-electron chi connectivity index (χ0n) is 11.7. The summed E-state index contributed by atoms with van der Waals surface area (Å²) < 4.78 is 15.4. The molecule has 0 saturated heterocycles. The summed E-state index contributed by atoms with van der Waals surface area (Å²) >= 11 is 0. The smallest absolute Gasteiger partial charge is 0.305 e. The minimum absolute atomic E-state index is 0.232. The minimum Gasteiger partial charge on any atom is -0.494 e. The quantitative estimate of drug-likeness (QED) is 0.260. The molecule has 1 rings (SSSR count). The summed E-state index contributed by atoms with van der Waals surface area (Å²) in [4.78, 5) is 10.9. The van der Waals surface area contributed by atoms with Crippen LogP contribution in [0.1, 0.15) is 19.8 Å². The average molecular weight is 281 g/mol. The average Bonchev–Trinajstić information content (AvgIpc) is 2.49. The van der Waals surface area contributed by atoms with Crippen LogP contribution in [0.2, 0.25) is 0 Å². The fourth-order valence-electron chi connectivity index (χ4n) is 1.36. The van der Waals surface area contributed by atoms with E-state index in [0.717, 1.165) is 0 Å². The van der Waals surface area contributed by atoms with Crippen LogP contribution in [-0.2, 0) is 9.53 Å². The second-order valence-electron chi connectivity index (χ2n) is 4.12. The summed E-state index contributed by atoms with van der Waals surface area (Å²) in [6.07, 6.45) is 0.953. The highest BCUT2D eigenvalue weighted by atomic mass is 16.5. The molecule has 6 nitrogen and oxygen atoms in total. The van der Waals surface area contributed by atoms with Crippen molar-refractivity contribution in [3.63, 3.8) is 0 Å². The van der Waals surface area contributed by atoms with Gasteiger partial charge in [0.2, 0.25) is 0 Å². The summed E-state index contributed by atoms with van der Waals surface area (Å²) in [5.74, 6) is 1.13. The maximum atomic E-state index is 10.9. The minimum atomic E-state index is -0.238. The van der Waals surface area contributed by atoms with E-state index in [9.17, 15) is 4.79 Å². The van der Waals surface area contributed by atoms with Crippen molar-refractivity contribution in [2.45, 2.75) is 19.8 Å². The molecule has 0 unspecified atom stereocenters. The zero-order chi connectivity index (χ0) is 14.8. The van der Waals surface area contributed by atoms with Gasteiger partial charge in [0, 0.05) is 6.42 Å². The molecule has 0 aliphatic rings. The van der Waals surface area contributed by atoms with Gasteiger partial charge in [-0.05, 0) is 37.6 Å². The van der Waals surface area contributed by atoms with Gasteiger partial charge in [-0.1, -0.05) is 5.16 Å². The van der Waals surface area contributed by atoms with Crippen molar-refractivity contribution in [3.05, 3.63) is 24.3 Å². The summed E-state index contributed by atoms with van der Waals surface area (Å²) in [6.45, 7) is 2.35. The second-order valence-corrected chi connectivity index (χ2v) is 4.12. The van der Waals surface area contributed by atoms with Crippen molar-refractivity contribution in [1.82, 2.24) is 0 Å². The van der Waals surface area contributed by atoms with Gasteiger partial charge < -0.3 is 19.4 Å². The molecule has 0 aromatic heterocycles. The number of carbonyl (C=O) groups is 1. The Kier molecular flexibility index (Phi) is 6.95. The van der Waals surface area contributed by atoms with Gasteiger partial charge in [-0.2, -0.15) is 0 Å². The number of esters is 1. The Morgan fingerprint density at radius 1 is 1.20 bits per heavy atom. The van der Waals surface area contributed by atoms with E-state index in [4.69, 9.17) is 14.7 Å². The first-order valence-corrected chi connectivity index (χ1v) is 6.25. The van der Waals surface area contributed by atoms with E-state index in [1.54, 1.807) is 31.2 Å². The van der Waals surface area contributed by atoms with Gasteiger partial charge in [-0.3, -0.25) is 4.79 Å². The molecule has 0 fully saturated rings. The van der Waals surface area contributed by atoms with Crippen molar-refractivity contribution in [3.8, 4) is 11.5 Å². The highest BCUT2D eigenvalue weighted by molar-refractivity contribution is 5.82. The Bertz CT molecular complexity index is 441. The Hall–Kier alpha value is -2.24. The van der Waals surface area contributed by atoms with Crippen LogP contribution in [0.25, 0.3) is 0 Å². The van der Waals surface area contributed by atoms with Gasteiger partial charge in [-0.15, -0.1) is 0 Å². The largest absolute Gasteiger partial charge is 0.494 e. The topological polar surface area (TPSA) is 77.4 Å². The first-order valence-electron chi connectivity index (χ1n) is 6.25. The highest BCUT2D eigenvalue weighted by Crippen LogP contribution is 2.17. The van der Waals surface area contributed by atoms with Gasteiger partial charge in [-0.25, -0.2) is 0 Å². The van der Waals surface area contributed by atoms with E-state index in [0.29, 0.717) is 36.7 Å². The van der Waals surface area contributed by atoms with Crippen LogP contribution in [0.4, 0.5) is 0 Å². The molecule has 1 N–H and O–H groups in total. The van der Waals surface area contributed by atoms with Crippen molar-refractivity contribution in [2.75, 3.05) is 20.3 Å². The molecule has 0 radical (unpaired) electrons. The standard InChI is InChI=1S/C14H19NO5/c1-11(15-17)10-20-13-7-5-12(6-8-13)19-9-3-4-14(16)18-2/h5-8,17H,3-4,9-10H2,1-2H3/b15-11+. The second kappa shape index (κ2) is 8.79. The maximum absolute atomic E-state index is 10.9. The number of rotatable bonds is 8. The van der Waals surface area contributed by atoms with E-state index < -0.39 is 0 Å². The SMILES string of the molecule is COC(=O)CCCOc1ccc(OC/C(C)=N/O)cc1. The Morgan fingerprint density at radius 2 is 1.80 bits per heavy atom. The molecule has 6 heteroatoms. The molecule has 1 aromatic rings. The third-order valence-electron chi connectivity index (χ3n) is 2.46. The van der Waals surface area contributed by atoms with Gasteiger partial charge in [0.05, 0.1) is 19.4 Å².